The first-order chi connectivity index (χ1) is 30.3. The number of aromatic nitrogens is 1. The molecule has 12 aromatic carbocycles. The molecule has 0 spiro atoms. The summed E-state index contributed by atoms with van der Waals surface area (Å²) in [5.74, 6) is 0. The minimum absolute atomic E-state index is 1.15. The van der Waals surface area contributed by atoms with Gasteiger partial charge in [-0.2, -0.15) is 0 Å². The third-order valence-electron chi connectivity index (χ3n) is 13.1. The molecule has 0 amide bonds. The smallest absolute Gasteiger partial charge is 0.0547 e. The zero-order valence-corrected chi connectivity index (χ0v) is 33.3. The Kier molecular flexibility index (Phi) is 7.37. The first-order valence-electron chi connectivity index (χ1n) is 21.2. The lowest BCUT2D eigenvalue weighted by Crippen LogP contribution is -1.95. The van der Waals surface area contributed by atoms with Gasteiger partial charge in [-0.05, 0) is 134 Å². The average molecular weight is 772 g/mol. The van der Waals surface area contributed by atoms with Crippen molar-refractivity contribution < 1.29 is 0 Å². The standard InChI is InChI=1S/C60H37N/c1-2-16-40(17-3-1)57-51-25-13-12-24-50(51)56(52-33-28-44(37-53(52)57)58-48-22-10-6-18-42(48)36-43-19-7-11-23-49(43)58)41-26-31-45(32-27-41)61-54-34-29-38-14-4-8-20-46(38)59(54)60-47-21-9-5-15-39(47)30-35-55(60)61/h1-37H. The van der Waals surface area contributed by atoms with Gasteiger partial charge in [0.1, 0.15) is 0 Å². The molecule has 282 valence electrons. The number of nitrogens with zero attached hydrogens (tertiary/aromatic N) is 1. The molecule has 61 heavy (non-hydrogen) atoms. The lowest BCUT2D eigenvalue weighted by atomic mass is 9.84. The third-order valence-corrected chi connectivity index (χ3v) is 13.1. The van der Waals surface area contributed by atoms with Crippen molar-refractivity contribution in [2.45, 2.75) is 0 Å². The van der Waals surface area contributed by atoms with Gasteiger partial charge in [-0.15, -0.1) is 0 Å². The molecule has 0 atom stereocenters. The van der Waals surface area contributed by atoms with E-state index in [0.29, 0.717) is 0 Å². The molecule has 1 nitrogen and oxygen atoms in total. The molecule has 1 heterocycles. The summed E-state index contributed by atoms with van der Waals surface area (Å²) < 4.78 is 2.46. The van der Waals surface area contributed by atoms with Gasteiger partial charge in [-0.25, -0.2) is 0 Å². The van der Waals surface area contributed by atoms with Crippen molar-refractivity contribution in [3.05, 3.63) is 224 Å². The van der Waals surface area contributed by atoms with Crippen molar-refractivity contribution in [3.8, 4) is 39.1 Å². The Hall–Kier alpha value is -8.00. The summed E-state index contributed by atoms with van der Waals surface area (Å²) in [5, 5.41) is 17.7. The van der Waals surface area contributed by atoms with E-state index in [-0.39, 0.29) is 0 Å². The highest BCUT2D eigenvalue weighted by atomic mass is 15.0. The molecule has 0 aliphatic heterocycles. The van der Waals surface area contributed by atoms with Crippen molar-refractivity contribution >= 4 is 86.4 Å². The Labute approximate surface area is 353 Å². The van der Waals surface area contributed by atoms with Crippen molar-refractivity contribution in [2.75, 3.05) is 0 Å². The van der Waals surface area contributed by atoms with Gasteiger partial charge in [0, 0.05) is 16.5 Å². The van der Waals surface area contributed by atoms with Crippen LogP contribution in [0.2, 0.25) is 0 Å². The van der Waals surface area contributed by atoms with Crippen LogP contribution < -0.4 is 0 Å². The van der Waals surface area contributed by atoms with Crippen LogP contribution in [-0.2, 0) is 0 Å². The molecule has 1 heteroatoms. The SMILES string of the molecule is c1ccc(-c2c3ccccc3c(-c3ccc(-n4c5ccc6ccccc6c5c5c6ccccc6ccc54)cc3)c3ccc(-c4c5ccccc5cc5ccccc45)cc23)cc1. The van der Waals surface area contributed by atoms with Crippen LogP contribution in [0, 0.1) is 0 Å². The van der Waals surface area contributed by atoms with Crippen molar-refractivity contribution in [1.29, 1.82) is 0 Å². The number of hydrogen-bond acceptors (Lipinski definition) is 0. The van der Waals surface area contributed by atoms with Crippen LogP contribution >= 0.6 is 0 Å². The fourth-order valence-electron chi connectivity index (χ4n) is 10.5. The van der Waals surface area contributed by atoms with Crippen LogP contribution in [0.15, 0.2) is 224 Å². The van der Waals surface area contributed by atoms with Crippen molar-refractivity contribution in [2.24, 2.45) is 0 Å². The Morgan fingerprint density at radius 1 is 0.230 bits per heavy atom. The Bertz CT molecular complexity index is 3760. The summed E-state index contributed by atoms with van der Waals surface area (Å²) >= 11 is 0. The van der Waals surface area contributed by atoms with Crippen LogP contribution in [0.3, 0.4) is 0 Å². The minimum atomic E-state index is 1.15. The molecule has 0 bridgehead atoms. The first kappa shape index (κ1) is 33.9. The van der Waals surface area contributed by atoms with Gasteiger partial charge in [0.05, 0.1) is 11.0 Å². The summed E-state index contributed by atoms with van der Waals surface area (Å²) in [5.41, 5.74) is 11.0. The van der Waals surface area contributed by atoms with Gasteiger partial charge in [-0.3, -0.25) is 0 Å². The van der Waals surface area contributed by atoms with Gasteiger partial charge in [0.25, 0.3) is 0 Å². The Morgan fingerprint density at radius 3 is 1.21 bits per heavy atom. The minimum Gasteiger partial charge on any atom is -0.309 e. The largest absolute Gasteiger partial charge is 0.309 e. The zero-order chi connectivity index (χ0) is 40.0. The fourth-order valence-corrected chi connectivity index (χ4v) is 10.5. The molecule has 0 saturated heterocycles. The molecule has 0 unspecified atom stereocenters. The number of hydrogen-bond donors (Lipinski definition) is 0. The predicted octanol–water partition coefficient (Wildman–Crippen LogP) is 16.7. The molecule has 0 saturated carbocycles. The lowest BCUT2D eigenvalue weighted by Gasteiger charge is -2.20. The van der Waals surface area contributed by atoms with E-state index in [2.05, 4.69) is 229 Å². The monoisotopic (exact) mass is 771 g/mol. The van der Waals surface area contributed by atoms with E-state index in [4.69, 9.17) is 0 Å². The third kappa shape index (κ3) is 5.08. The second kappa shape index (κ2) is 13.3. The molecular weight excluding hydrogens is 735 g/mol. The molecule has 13 aromatic rings. The zero-order valence-electron chi connectivity index (χ0n) is 33.3. The van der Waals surface area contributed by atoms with Gasteiger partial charge >= 0.3 is 0 Å². The maximum Gasteiger partial charge on any atom is 0.0547 e. The highest BCUT2D eigenvalue weighted by molar-refractivity contribution is 6.29. The maximum absolute atomic E-state index is 2.46. The van der Waals surface area contributed by atoms with E-state index in [9.17, 15) is 0 Å². The highest BCUT2D eigenvalue weighted by Gasteiger charge is 2.21. The molecule has 0 N–H and O–H groups in total. The summed E-state index contributed by atoms with van der Waals surface area (Å²) in [4.78, 5) is 0. The lowest BCUT2D eigenvalue weighted by molar-refractivity contribution is 1.18. The quantitative estimate of drug-likeness (QED) is 0.157. The van der Waals surface area contributed by atoms with E-state index in [1.54, 1.807) is 0 Å². The first-order valence-corrected chi connectivity index (χ1v) is 21.2. The molecule has 0 fully saturated rings. The summed E-state index contributed by atoms with van der Waals surface area (Å²) in [6, 6.07) is 83.1. The molecule has 1 aromatic heterocycles. The Morgan fingerprint density at radius 2 is 0.639 bits per heavy atom. The number of rotatable bonds is 4. The Balaban J connectivity index is 1.07. The number of benzene rings is 12. The predicted molar refractivity (Wildman–Crippen MR) is 262 cm³/mol. The van der Waals surface area contributed by atoms with Crippen LogP contribution in [0.4, 0.5) is 0 Å². The second-order valence-electron chi connectivity index (χ2n) is 16.4. The fraction of sp³-hybridized carbons (Fsp3) is 0. The summed E-state index contributed by atoms with van der Waals surface area (Å²) in [7, 11) is 0. The van der Waals surface area contributed by atoms with Crippen LogP contribution in [0.25, 0.3) is 126 Å². The van der Waals surface area contributed by atoms with Crippen LogP contribution in [-0.4, -0.2) is 4.57 Å². The molecule has 13 rings (SSSR count). The number of fused-ring (bicyclic) bond motifs is 11. The topological polar surface area (TPSA) is 4.93 Å². The van der Waals surface area contributed by atoms with E-state index < -0.39 is 0 Å². The van der Waals surface area contributed by atoms with Crippen LogP contribution in [0.1, 0.15) is 0 Å². The molecule has 0 aliphatic carbocycles. The van der Waals surface area contributed by atoms with E-state index in [0.717, 1.165) is 5.69 Å². The molecule has 0 aliphatic rings. The van der Waals surface area contributed by atoms with Crippen molar-refractivity contribution in [3.63, 3.8) is 0 Å². The van der Waals surface area contributed by atoms with E-state index >= 15 is 0 Å². The van der Waals surface area contributed by atoms with Gasteiger partial charge in [-0.1, -0.05) is 188 Å². The van der Waals surface area contributed by atoms with E-state index in [1.165, 1.54) is 120 Å². The summed E-state index contributed by atoms with van der Waals surface area (Å²) in [6.07, 6.45) is 0. The normalized spacial score (nSPS) is 11.9. The highest BCUT2D eigenvalue weighted by Crippen LogP contribution is 2.47. The van der Waals surface area contributed by atoms with E-state index in [1.807, 2.05) is 0 Å². The second-order valence-corrected chi connectivity index (χ2v) is 16.4. The summed E-state index contributed by atoms with van der Waals surface area (Å²) in [6.45, 7) is 0. The maximum atomic E-state index is 2.46. The average Bonchev–Trinajstić information content (AvgIpc) is 3.68. The van der Waals surface area contributed by atoms with Gasteiger partial charge < -0.3 is 4.57 Å². The van der Waals surface area contributed by atoms with Crippen molar-refractivity contribution in [1.82, 2.24) is 4.57 Å². The molecular formula is C60H37N. The molecule has 0 radical (unpaired) electrons. The van der Waals surface area contributed by atoms with Gasteiger partial charge in [0.15, 0.2) is 0 Å². The van der Waals surface area contributed by atoms with Crippen LogP contribution in [0.5, 0.6) is 0 Å². The van der Waals surface area contributed by atoms with Gasteiger partial charge in [0.2, 0.25) is 0 Å².